The summed E-state index contributed by atoms with van der Waals surface area (Å²) in [6.45, 7) is 0. The Morgan fingerprint density at radius 2 is 1.65 bits per heavy atom. The summed E-state index contributed by atoms with van der Waals surface area (Å²) in [7, 11) is 1.48. The minimum atomic E-state index is -4.64. The molecule has 1 aliphatic heterocycles. The molecule has 0 unspecified atom stereocenters. The highest BCUT2D eigenvalue weighted by Crippen LogP contribution is 2.43. The van der Waals surface area contributed by atoms with Gasteiger partial charge in [0.15, 0.2) is 0 Å². The Bertz CT molecular complexity index is 1280. The largest absolute Gasteiger partial charge is 0.507 e. The van der Waals surface area contributed by atoms with E-state index in [1.165, 1.54) is 31.4 Å². The standard InChI is InChI=1S/C25H17BrF3NO4/c1-34-19-11-7-15(8-12-19)22(31)20-21(14-5-9-17(26)10-6-14)30(24(33)23(20)32)18-4-2-3-16(13-18)25(27,28)29/h2-13,21,31H,1H3/t21-/m0/s1. The monoisotopic (exact) mass is 531 g/mol. The van der Waals surface area contributed by atoms with Crippen molar-refractivity contribution in [3.63, 3.8) is 0 Å². The quantitative estimate of drug-likeness (QED) is 0.251. The lowest BCUT2D eigenvalue weighted by atomic mass is 9.95. The molecule has 1 heterocycles. The molecule has 1 aliphatic rings. The number of amides is 1. The molecule has 1 atom stereocenters. The molecule has 174 valence electrons. The number of anilines is 1. The average Bonchev–Trinajstić information content (AvgIpc) is 3.09. The zero-order chi connectivity index (χ0) is 24.6. The minimum Gasteiger partial charge on any atom is -0.507 e. The Balaban J connectivity index is 1.92. The molecule has 0 radical (unpaired) electrons. The van der Waals surface area contributed by atoms with Gasteiger partial charge in [-0.05, 0) is 60.2 Å². The first kappa shape index (κ1) is 23.6. The molecule has 1 amide bonds. The Morgan fingerprint density at radius 1 is 1.00 bits per heavy atom. The number of alkyl halides is 3. The SMILES string of the molecule is COc1ccc(C(O)=C2C(=O)C(=O)N(c3cccc(C(F)(F)F)c3)[C@H]2c2ccc(Br)cc2)cc1. The van der Waals surface area contributed by atoms with Crippen LogP contribution in [0.25, 0.3) is 5.76 Å². The van der Waals surface area contributed by atoms with E-state index in [1.807, 2.05) is 0 Å². The summed E-state index contributed by atoms with van der Waals surface area (Å²) >= 11 is 3.32. The zero-order valence-electron chi connectivity index (χ0n) is 17.6. The van der Waals surface area contributed by atoms with Crippen molar-refractivity contribution >= 4 is 39.1 Å². The second-order valence-electron chi connectivity index (χ2n) is 7.50. The molecule has 0 aromatic heterocycles. The molecule has 4 rings (SSSR count). The Morgan fingerprint density at radius 3 is 2.24 bits per heavy atom. The third-order valence-corrected chi connectivity index (χ3v) is 5.97. The van der Waals surface area contributed by atoms with Gasteiger partial charge in [-0.3, -0.25) is 14.5 Å². The molecular weight excluding hydrogens is 515 g/mol. The number of Topliss-reactive ketones (excluding diaryl/α,β-unsaturated/α-hetero) is 1. The first-order valence-corrected chi connectivity index (χ1v) is 10.8. The van der Waals surface area contributed by atoms with E-state index in [4.69, 9.17) is 4.74 Å². The Labute approximate surface area is 201 Å². The number of rotatable bonds is 4. The van der Waals surface area contributed by atoms with Crippen molar-refractivity contribution in [2.24, 2.45) is 0 Å². The lowest BCUT2D eigenvalue weighted by molar-refractivity contribution is -0.137. The number of aliphatic hydroxyl groups is 1. The summed E-state index contributed by atoms with van der Waals surface area (Å²) in [6, 6.07) is 15.8. The van der Waals surface area contributed by atoms with Crippen LogP contribution in [0.15, 0.2) is 82.8 Å². The van der Waals surface area contributed by atoms with Gasteiger partial charge in [-0.1, -0.05) is 34.1 Å². The maximum atomic E-state index is 13.3. The summed E-state index contributed by atoms with van der Waals surface area (Å²) in [5.74, 6) is -1.96. The smallest absolute Gasteiger partial charge is 0.416 e. The van der Waals surface area contributed by atoms with E-state index in [9.17, 15) is 27.9 Å². The van der Waals surface area contributed by atoms with Gasteiger partial charge < -0.3 is 9.84 Å². The molecule has 3 aromatic rings. The van der Waals surface area contributed by atoms with Crippen LogP contribution in [0.4, 0.5) is 18.9 Å². The number of carbonyl (C=O) groups excluding carboxylic acids is 2. The predicted molar refractivity (Wildman–Crippen MR) is 123 cm³/mol. The average molecular weight is 532 g/mol. The van der Waals surface area contributed by atoms with E-state index in [0.29, 0.717) is 11.3 Å². The lowest BCUT2D eigenvalue weighted by Gasteiger charge is -2.26. The van der Waals surface area contributed by atoms with Gasteiger partial charge >= 0.3 is 6.18 Å². The van der Waals surface area contributed by atoms with Crippen LogP contribution in [0, 0.1) is 0 Å². The van der Waals surface area contributed by atoms with Gasteiger partial charge in [0.25, 0.3) is 11.7 Å². The number of hydrogen-bond acceptors (Lipinski definition) is 4. The summed E-state index contributed by atoms with van der Waals surface area (Å²) in [4.78, 5) is 27.2. The normalized spacial score (nSPS) is 17.8. The van der Waals surface area contributed by atoms with Gasteiger partial charge in [0, 0.05) is 15.7 Å². The molecule has 1 N–H and O–H groups in total. The van der Waals surface area contributed by atoms with Crippen molar-refractivity contribution in [2.45, 2.75) is 12.2 Å². The number of benzene rings is 3. The lowest BCUT2D eigenvalue weighted by Crippen LogP contribution is -2.29. The maximum absolute atomic E-state index is 13.3. The molecular formula is C25H17BrF3NO4. The van der Waals surface area contributed by atoms with Crippen LogP contribution >= 0.6 is 15.9 Å². The summed E-state index contributed by atoms with van der Waals surface area (Å²) in [5.41, 5.74) is -0.607. The number of methoxy groups -OCH3 is 1. The van der Waals surface area contributed by atoms with Gasteiger partial charge in [0.1, 0.15) is 11.5 Å². The van der Waals surface area contributed by atoms with Crippen LogP contribution in [-0.4, -0.2) is 23.9 Å². The first-order chi connectivity index (χ1) is 16.1. The molecule has 0 spiro atoms. The van der Waals surface area contributed by atoms with Gasteiger partial charge in [0.05, 0.1) is 24.3 Å². The van der Waals surface area contributed by atoms with Crippen LogP contribution in [0.3, 0.4) is 0 Å². The van der Waals surface area contributed by atoms with Crippen LogP contribution in [0.1, 0.15) is 22.7 Å². The fourth-order valence-electron chi connectivity index (χ4n) is 3.80. The number of ether oxygens (including phenoxy) is 1. The highest BCUT2D eigenvalue weighted by Gasteiger charge is 2.47. The summed E-state index contributed by atoms with van der Waals surface area (Å²) in [5, 5.41) is 11.1. The molecule has 0 bridgehead atoms. The van der Waals surface area contributed by atoms with Crippen LogP contribution < -0.4 is 9.64 Å². The van der Waals surface area contributed by atoms with Crippen molar-refractivity contribution < 1.29 is 32.6 Å². The fourth-order valence-corrected chi connectivity index (χ4v) is 4.06. The summed E-state index contributed by atoms with van der Waals surface area (Å²) in [6.07, 6.45) is -4.64. The second kappa shape index (κ2) is 8.98. The topological polar surface area (TPSA) is 66.8 Å². The number of carbonyl (C=O) groups is 2. The number of ketones is 1. The van der Waals surface area contributed by atoms with Crippen molar-refractivity contribution in [3.05, 3.63) is 99.5 Å². The van der Waals surface area contributed by atoms with E-state index in [1.54, 1.807) is 36.4 Å². The van der Waals surface area contributed by atoms with Crippen LogP contribution in [-0.2, 0) is 15.8 Å². The van der Waals surface area contributed by atoms with E-state index < -0.39 is 35.2 Å². The second-order valence-corrected chi connectivity index (χ2v) is 8.41. The highest BCUT2D eigenvalue weighted by atomic mass is 79.9. The van der Waals surface area contributed by atoms with Crippen molar-refractivity contribution in [2.75, 3.05) is 12.0 Å². The van der Waals surface area contributed by atoms with Gasteiger partial charge in [-0.2, -0.15) is 13.2 Å². The third-order valence-electron chi connectivity index (χ3n) is 5.45. The zero-order valence-corrected chi connectivity index (χ0v) is 19.2. The Hall–Kier alpha value is -3.59. The fraction of sp³-hybridized carbons (Fsp3) is 0.120. The number of nitrogens with zero attached hydrogens (tertiary/aromatic N) is 1. The molecule has 1 saturated heterocycles. The number of halogens is 4. The third kappa shape index (κ3) is 4.31. The number of aliphatic hydroxyl groups excluding tert-OH is 1. The first-order valence-electron chi connectivity index (χ1n) is 10.00. The molecule has 3 aromatic carbocycles. The van der Waals surface area contributed by atoms with Crippen molar-refractivity contribution in [1.82, 2.24) is 0 Å². The van der Waals surface area contributed by atoms with Gasteiger partial charge in [-0.25, -0.2) is 0 Å². The van der Waals surface area contributed by atoms with Crippen LogP contribution in [0.5, 0.6) is 5.75 Å². The number of hydrogen-bond donors (Lipinski definition) is 1. The molecule has 0 saturated carbocycles. The molecule has 0 aliphatic carbocycles. The van der Waals surface area contributed by atoms with Crippen molar-refractivity contribution in [3.8, 4) is 5.75 Å². The van der Waals surface area contributed by atoms with E-state index in [0.717, 1.165) is 21.5 Å². The van der Waals surface area contributed by atoms with E-state index in [2.05, 4.69) is 15.9 Å². The highest BCUT2D eigenvalue weighted by molar-refractivity contribution is 9.10. The predicted octanol–water partition coefficient (Wildman–Crippen LogP) is 6.10. The Kier molecular flexibility index (Phi) is 6.22. The van der Waals surface area contributed by atoms with E-state index in [-0.39, 0.29) is 16.8 Å². The molecule has 5 nitrogen and oxygen atoms in total. The molecule has 34 heavy (non-hydrogen) atoms. The van der Waals surface area contributed by atoms with Gasteiger partial charge in [-0.15, -0.1) is 0 Å². The maximum Gasteiger partial charge on any atom is 0.416 e. The van der Waals surface area contributed by atoms with Gasteiger partial charge in [0.2, 0.25) is 0 Å². The van der Waals surface area contributed by atoms with E-state index >= 15 is 0 Å². The molecule has 9 heteroatoms. The van der Waals surface area contributed by atoms with Crippen LogP contribution in [0.2, 0.25) is 0 Å². The summed E-state index contributed by atoms with van der Waals surface area (Å²) < 4.78 is 45.9. The van der Waals surface area contributed by atoms with Crippen molar-refractivity contribution in [1.29, 1.82) is 0 Å². The minimum absolute atomic E-state index is 0.112. The molecule has 1 fully saturated rings.